The molecule has 158 valence electrons. The van der Waals surface area contributed by atoms with Crippen molar-refractivity contribution >= 4 is 35.3 Å². The summed E-state index contributed by atoms with van der Waals surface area (Å²) < 4.78 is 20.7. The highest BCUT2D eigenvalue weighted by atomic mass is 35.5. The average molecular weight is 446 g/mol. The topological polar surface area (TPSA) is 59.2 Å². The molecule has 5 nitrogen and oxygen atoms in total. The molecule has 0 aliphatic carbocycles. The van der Waals surface area contributed by atoms with E-state index in [1.165, 1.54) is 19.4 Å². The predicted molar refractivity (Wildman–Crippen MR) is 122 cm³/mol. The fraction of sp³-hybridized carbons (Fsp3) is 0.0800. The molecule has 1 aliphatic heterocycles. The molecule has 0 spiro atoms. The number of carbonyl (C=O) groups excluding carboxylic acids is 1. The maximum absolute atomic E-state index is 15.3. The van der Waals surface area contributed by atoms with Crippen molar-refractivity contribution in [1.29, 1.82) is 0 Å². The van der Waals surface area contributed by atoms with Crippen molar-refractivity contribution in [3.05, 3.63) is 88.5 Å². The van der Waals surface area contributed by atoms with Crippen molar-refractivity contribution in [3.63, 3.8) is 0 Å². The van der Waals surface area contributed by atoms with Gasteiger partial charge < -0.3 is 9.32 Å². The Kier molecular flexibility index (Phi) is 5.07. The molecule has 5 rings (SSSR count). The molecule has 0 fully saturated rings. The van der Waals surface area contributed by atoms with Gasteiger partial charge in [0.1, 0.15) is 5.82 Å². The molecule has 32 heavy (non-hydrogen) atoms. The fourth-order valence-electron chi connectivity index (χ4n) is 3.93. The van der Waals surface area contributed by atoms with Crippen molar-refractivity contribution < 1.29 is 13.6 Å². The van der Waals surface area contributed by atoms with Gasteiger partial charge in [-0.1, -0.05) is 48.0 Å². The van der Waals surface area contributed by atoms with E-state index < -0.39 is 0 Å². The predicted octanol–water partition coefficient (Wildman–Crippen LogP) is 6.23. The van der Waals surface area contributed by atoms with Gasteiger partial charge in [0.2, 0.25) is 18.2 Å². The van der Waals surface area contributed by atoms with E-state index in [4.69, 9.17) is 16.0 Å². The van der Waals surface area contributed by atoms with Crippen molar-refractivity contribution in [2.45, 2.75) is 13.5 Å². The van der Waals surface area contributed by atoms with Gasteiger partial charge in [-0.25, -0.2) is 4.39 Å². The number of nitrogens with zero attached hydrogens (tertiary/aromatic N) is 3. The molecule has 0 unspecified atom stereocenters. The smallest absolute Gasteiger partial charge is 0.248 e. The summed E-state index contributed by atoms with van der Waals surface area (Å²) in [7, 11) is 0. The van der Waals surface area contributed by atoms with Crippen LogP contribution in [0.2, 0.25) is 5.02 Å². The largest absolute Gasteiger partial charge is 0.423 e. The summed E-state index contributed by atoms with van der Waals surface area (Å²) in [6.45, 7) is 1.78. The standard InChI is InChI=1S/C25H17ClFN3O2/c1-15(31)30-13-18-10-22(20-4-2-3-5-21(20)25-29-28-14-32-25)23(27)11-17(18)7-6-16-8-9-19(26)12-24(16)30/h2-12,14H,13H2,1H3/b7-6-. The second-order valence-electron chi connectivity index (χ2n) is 7.46. The number of anilines is 1. The summed E-state index contributed by atoms with van der Waals surface area (Å²) in [5.41, 5.74) is 4.70. The Morgan fingerprint density at radius 1 is 1.03 bits per heavy atom. The second-order valence-corrected chi connectivity index (χ2v) is 7.90. The Labute approximate surface area is 188 Å². The van der Waals surface area contributed by atoms with E-state index in [9.17, 15) is 4.79 Å². The third-order valence-electron chi connectivity index (χ3n) is 5.47. The number of carbonyl (C=O) groups is 1. The Hall–Kier alpha value is -3.77. The number of amides is 1. The molecule has 0 saturated heterocycles. The van der Waals surface area contributed by atoms with Gasteiger partial charge in [0, 0.05) is 23.1 Å². The number of fused-ring (bicyclic) bond motifs is 2. The second kappa shape index (κ2) is 8.05. The van der Waals surface area contributed by atoms with Crippen molar-refractivity contribution in [2.24, 2.45) is 0 Å². The maximum atomic E-state index is 15.3. The number of aromatic nitrogens is 2. The molecular weight excluding hydrogens is 429 g/mol. The number of hydrogen-bond donors (Lipinski definition) is 0. The Balaban J connectivity index is 1.68. The number of hydrogen-bond acceptors (Lipinski definition) is 4. The van der Waals surface area contributed by atoms with Crippen molar-refractivity contribution in [3.8, 4) is 22.6 Å². The zero-order valence-electron chi connectivity index (χ0n) is 17.0. The number of benzene rings is 3. The minimum Gasteiger partial charge on any atom is -0.423 e. The molecule has 0 saturated carbocycles. The lowest BCUT2D eigenvalue weighted by Crippen LogP contribution is -2.29. The third-order valence-corrected chi connectivity index (χ3v) is 5.71. The van der Waals surface area contributed by atoms with Crippen LogP contribution in [-0.4, -0.2) is 16.1 Å². The van der Waals surface area contributed by atoms with Crippen LogP contribution in [0.1, 0.15) is 23.6 Å². The van der Waals surface area contributed by atoms with Crippen LogP contribution in [0.25, 0.3) is 34.7 Å². The summed E-state index contributed by atoms with van der Waals surface area (Å²) in [4.78, 5) is 14.2. The van der Waals surface area contributed by atoms with Crippen LogP contribution in [-0.2, 0) is 11.3 Å². The molecule has 4 aromatic rings. The van der Waals surface area contributed by atoms with Crippen LogP contribution in [0.15, 0.2) is 65.4 Å². The summed E-state index contributed by atoms with van der Waals surface area (Å²) in [6, 6.07) is 15.9. The maximum Gasteiger partial charge on any atom is 0.248 e. The van der Waals surface area contributed by atoms with Crippen LogP contribution < -0.4 is 4.90 Å². The Morgan fingerprint density at radius 3 is 2.56 bits per heavy atom. The van der Waals surface area contributed by atoms with Gasteiger partial charge in [-0.2, -0.15) is 0 Å². The van der Waals surface area contributed by atoms with Gasteiger partial charge in [0.15, 0.2) is 0 Å². The van der Waals surface area contributed by atoms with Gasteiger partial charge >= 0.3 is 0 Å². The minimum atomic E-state index is -0.383. The Morgan fingerprint density at radius 2 is 1.81 bits per heavy atom. The SMILES string of the molecule is CC(=O)N1Cc2cc(-c3ccccc3-c3nnco3)c(F)cc2/C=C\c2ccc(Cl)cc21. The Bertz CT molecular complexity index is 1370. The van der Waals surface area contributed by atoms with E-state index in [1.807, 2.05) is 30.4 Å². The van der Waals surface area contributed by atoms with Gasteiger partial charge in [-0.3, -0.25) is 4.79 Å². The first-order chi connectivity index (χ1) is 15.5. The number of halogens is 2. The summed E-state index contributed by atoms with van der Waals surface area (Å²) in [6.07, 6.45) is 4.96. The van der Waals surface area contributed by atoms with Crippen LogP contribution in [0.3, 0.4) is 0 Å². The van der Waals surface area contributed by atoms with Gasteiger partial charge in [-0.05, 0) is 52.6 Å². The molecule has 1 aliphatic rings. The highest BCUT2D eigenvalue weighted by Crippen LogP contribution is 2.37. The van der Waals surface area contributed by atoms with E-state index >= 15 is 4.39 Å². The van der Waals surface area contributed by atoms with Gasteiger partial charge in [0.05, 0.1) is 12.2 Å². The van der Waals surface area contributed by atoms with E-state index in [1.54, 1.807) is 35.2 Å². The molecule has 2 heterocycles. The van der Waals surface area contributed by atoms with E-state index in [0.29, 0.717) is 38.9 Å². The normalized spacial score (nSPS) is 13.7. The van der Waals surface area contributed by atoms with E-state index in [2.05, 4.69) is 10.2 Å². The summed E-state index contributed by atoms with van der Waals surface area (Å²) in [5.74, 6) is -0.209. The minimum absolute atomic E-state index is 0.132. The third kappa shape index (κ3) is 3.59. The monoisotopic (exact) mass is 445 g/mol. The summed E-state index contributed by atoms with van der Waals surface area (Å²) >= 11 is 6.20. The summed E-state index contributed by atoms with van der Waals surface area (Å²) in [5, 5.41) is 8.24. The first-order valence-corrected chi connectivity index (χ1v) is 10.3. The van der Waals surface area contributed by atoms with Crippen molar-refractivity contribution in [1.82, 2.24) is 10.2 Å². The zero-order chi connectivity index (χ0) is 22.2. The molecule has 1 aromatic heterocycles. The van der Waals surface area contributed by atoms with Gasteiger partial charge in [0.25, 0.3) is 0 Å². The molecular formula is C25H17ClFN3O2. The zero-order valence-corrected chi connectivity index (χ0v) is 17.8. The van der Waals surface area contributed by atoms with E-state index in [-0.39, 0.29) is 18.3 Å². The average Bonchev–Trinajstić information content (AvgIpc) is 3.31. The molecule has 3 aromatic carbocycles. The van der Waals surface area contributed by atoms with E-state index in [0.717, 1.165) is 11.1 Å². The molecule has 0 N–H and O–H groups in total. The highest BCUT2D eigenvalue weighted by molar-refractivity contribution is 6.31. The van der Waals surface area contributed by atoms with Gasteiger partial charge in [-0.15, -0.1) is 10.2 Å². The first-order valence-electron chi connectivity index (χ1n) is 9.95. The molecule has 1 amide bonds. The van der Waals surface area contributed by atoms with Crippen LogP contribution >= 0.6 is 11.6 Å². The quantitative estimate of drug-likeness (QED) is 0.367. The van der Waals surface area contributed by atoms with Crippen LogP contribution in [0.5, 0.6) is 0 Å². The fourth-order valence-corrected chi connectivity index (χ4v) is 4.10. The van der Waals surface area contributed by atoms with Crippen LogP contribution in [0, 0.1) is 5.82 Å². The first kappa shape index (κ1) is 20.2. The van der Waals surface area contributed by atoms with Crippen molar-refractivity contribution in [2.75, 3.05) is 4.90 Å². The molecule has 7 heteroatoms. The lowest BCUT2D eigenvalue weighted by molar-refractivity contribution is -0.116. The molecule has 0 atom stereocenters. The lowest BCUT2D eigenvalue weighted by Gasteiger charge is -2.26. The highest BCUT2D eigenvalue weighted by Gasteiger charge is 2.22. The lowest BCUT2D eigenvalue weighted by atomic mass is 9.93. The van der Waals surface area contributed by atoms with Crippen LogP contribution in [0.4, 0.5) is 10.1 Å². The number of rotatable bonds is 2. The molecule has 0 bridgehead atoms. The molecule has 0 radical (unpaired) electrons.